The average molecular weight is 494 g/mol. The first kappa shape index (κ1) is 21.5. The van der Waals surface area contributed by atoms with Crippen LogP contribution in [0.15, 0.2) is 34.7 Å². The third-order valence-electron chi connectivity index (χ3n) is 8.64. The smallest absolute Gasteiger partial charge is 0.235 e. The molecule has 0 bridgehead atoms. The first-order valence-electron chi connectivity index (χ1n) is 12.3. The Bertz CT molecular complexity index is 1360. The highest BCUT2D eigenvalue weighted by atomic mass is 35.5. The highest BCUT2D eigenvalue weighted by Gasteiger charge is 2.67. The molecule has 1 saturated heterocycles. The molecule has 4 unspecified atom stereocenters. The summed E-state index contributed by atoms with van der Waals surface area (Å²) in [6.07, 6.45) is 4.21. The van der Waals surface area contributed by atoms with E-state index in [9.17, 15) is 4.79 Å². The van der Waals surface area contributed by atoms with Crippen LogP contribution in [0.5, 0.6) is 5.75 Å². The zero-order valence-electron chi connectivity index (χ0n) is 19.7. The number of carbonyl (C=O) groups is 1. The number of ether oxygens (including phenoxy) is 1. The lowest BCUT2D eigenvalue weighted by molar-refractivity contribution is -0.118. The number of nitrogens with zero attached hydrogens (tertiary/aromatic N) is 1. The molecule has 35 heavy (non-hydrogen) atoms. The summed E-state index contributed by atoms with van der Waals surface area (Å²) >= 11 is 6.55. The molecule has 1 aromatic heterocycles. The molecule has 8 nitrogen and oxygen atoms in total. The molecule has 1 amide bonds. The van der Waals surface area contributed by atoms with E-state index in [2.05, 4.69) is 26.5 Å². The Morgan fingerprint density at radius 3 is 2.97 bits per heavy atom. The van der Waals surface area contributed by atoms with Crippen LogP contribution in [-0.4, -0.2) is 30.2 Å². The largest absolute Gasteiger partial charge is 0.497 e. The van der Waals surface area contributed by atoms with Crippen molar-refractivity contribution in [3.05, 3.63) is 46.8 Å². The number of amides is 1. The number of halogens is 1. The van der Waals surface area contributed by atoms with Gasteiger partial charge in [-0.25, -0.2) is 10.4 Å². The van der Waals surface area contributed by atoms with Gasteiger partial charge in [0.05, 0.1) is 29.4 Å². The van der Waals surface area contributed by atoms with Crippen molar-refractivity contribution < 1.29 is 13.9 Å². The first-order valence-corrected chi connectivity index (χ1v) is 12.7. The molecule has 1 spiro atoms. The topological polar surface area (TPSA) is 100 Å². The number of methoxy groups -OCH3 is 1. The molecule has 3 aromatic rings. The summed E-state index contributed by atoms with van der Waals surface area (Å²) in [5.74, 6) is 2.89. The number of nitrogens with one attached hydrogen (secondary N) is 4. The number of aromatic nitrogens is 1. The van der Waals surface area contributed by atoms with Gasteiger partial charge in [-0.1, -0.05) is 11.6 Å². The quantitative estimate of drug-likeness (QED) is 0.429. The normalized spacial score (nSPS) is 33.0. The second-order valence-corrected chi connectivity index (χ2v) is 10.8. The van der Waals surface area contributed by atoms with Crippen LogP contribution in [0.2, 0.25) is 5.02 Å². The molecule has 182 valence electrons. The van der Waals surface area contributed by atoms with Gasteiger partial charge in [-0.05, 0) is 67.3 Å². The van der Waals surface area contributed by atoms with Crippen molar-refractivity contribution in [1.29, 1.82) is 0 Å². The number of anilines is 2. The number of carbonyl (C=O) groups excluding carboxylic acids is 1. The molecule has 6 atom stereocenters. The zero-order valence-corrected chi connectivity index (χ0v) is 20.4. The highest BCUT2D eigenvalue weighted by molar-refractivity contribution is 6.34. The summed E-state index contributed by atoms with van der Waals surface area (Å²) in [7, 11) is 1.67. The van der Waals surface area contributed by atoms with E-state index in [0.717, 1.165) is 59.5 Å². The van der Waals surface area contributed by atoms with E-state index in [4.69, 9.17) is 20.8 Å². The molecule has 2 aromatic carbocycles. The lowest BCUT2D eigenvalue weighted by Gasteiger charge is -2.34. The number of fused-ring (bicyclic) bond motifs is 4. The van der Waals surface area contributed by atoms with E-state index in [1.807, 2.05) is 37.3 Å². The maximum Gasteiger partial charge on any atom is 0.235 e. The van der Waals surface area contributed by atoms with Crippen LogP contribution in [0, 0.1) is 24.7 Å². The standard InChI is InChI=1S/C26H28ClN5O3/c1-12-28-22-9-18(27)21(10-23(22)35-12)29-24-15-5-3-13(7-20(15)31-32-24)17-11-26(17)16-8-14(34-2)4-6-19(16)30-25(26)33/h4,6,8-10,13,15,17,20,24,29,31-32H,3,5,7,11H2,1-2H3,(H,30,33)/t13?,15?,17-,20?,24?,26-/m0/s1. The van der Waals surface area contributed by atoms with Crippen molar-refractivity contribution in [2.45, 2.75) is 50.2 Å². The Hall–Kier alpha value is -2.81. The number of hydrogen-bond donors (Lipinski definition) is 4. The van der Waals surface area contributed by atoms with Gasteiger partial charge in [0.15, 0.2) is 11.5 Å². The highest BCUT2D eigenvalue weighted by Crippen LogP contribution is 2.65. The second-order valence-electron chi connectivity index (χ2n) is 10.4. The van der Waals surface area contributed by atoms with E-state index >= 15 is 0 Å². The van der Waals surface area contributed by atoms with Crippen molar-refractivity contribution in [2.24, 2.45) is 17.8 Å². The molecular weight excluding hydrogens is 466 g/mol. The summed E-state index contributed by atoms with van der Waals surface area (Å²) < 4.78 is 11.1. The van der Waals surface area contributed by atoms with Crippen molar-refractivity contribution in [3.63, 3.8) is 0 Å². The van der Waals surface area contributed by atoms with E-state index < -0.39 is 0 Å². The molecule has 2 saturated carbocycles. The van der Waals surface area contributed by atoms with Crippen LogP contribution in [0.3, 0.4) is 0 Å². The zero-order chi connectivity index (χ0) is 23.9. The monoisotopic (exact) mass is 493 g/mol. The number of hydrazine groups is 1. The minimum atomic E-state index is -0.386. The van der Waals surface area contributed by atoms with E-state index in [0.29, 0.717) is 34.7 Å². The van der Waals surface area contributed by atoms with Crippen LogP contribution < -0.4 is 26.2 Å². The van der Waals surface area contributed by atoms with Crippen LogP contribution in [0.25, 0.3) is 11.1 Å². The summed E-state index contributed by atoms with van der Waals surface area (Å²) in [6.45, 7) is 1.83. The maximum absolute atomic E-state index is 13.1. The summed E-state index contributed by atoms with van der Waals surface area (Å²) in [5.41, 5.74) is 11.0. The van der Waals surface area contributed by atoms with E-state index in [1.54, 1.807) is 7.11 Å². The Kier molecular flexibility index (Phi) is 4.66. The minimum absolute atomic E-state index is 0.0628. The van der Waals surface area contributed by atoms with Crippen molar-refractivity contribution in [1.82, 2.24) is 15.8 Å². The summed E-state index contributed by atoms with van der Waals surface area (Å²) in [4.78, 5) is 17.4. The van der Waals surface area contributed by atoms with Crippen LogP contribution in [0.1, 0.15) is 37.1 Å². The summed E-state index contributed by atoms with van der Waals surface area (Å²) in [6, 6.07) is 10.0. The Balaban J connectivity index is 1.06. The van der Waals surface area contributed by atoms with Crippen LogP contribution in [-0.2, 0) is 10.2 Å². The molecule has 0 radical (unpaired) electrons. The third kappa shape index (κ3) is 3.20. The maximum atomic E-state index is 13.1. The lowest BCUT2D eigenvalue weighted by atomic mass is 9.74. The SMILES string of the molecule is COc1ccc2c(c1)[C@]1(C[C@H]1C1CCC3C(C1)NNC3Nc1cc3oc(C)nc3cc1Cl)C(=O)N2. The molecule has 3 heterocycles. The van der Waals surface area contributed by atoms with Gasteiger partial charge in [0.2, 0.25) is 5.91 Å². The molecule has 4 aliphatic rings. The molecular formula is C26H28ClN5O3. The van der Waals surface area contributed by atoms with Gasteiger partial charge in [0.25, 0.3) is 0 Å². The van der Waals surface area contributed by atoms with Gasteiger partial charge in [0, 0.05) is 30.6 Å². The van der Waals surface area contributed by atoms with Gasteiger partial charge in [0.1, 0.15) is 11.3 Å². The van der Waals surface area contributed by atoms with E-state index in [-0.39, 0.29) is 17.5 Å². The number of hydrogen-bond acceptors (Lipinski definition) is 7. The van der Waals surface area contributed by atoms with Crippen LogP contribution in [0.4, 0.5) is 11.4 Å². The average Bonchev–Trinajstić information content (AvgIpc) is 3.19. The third-order valence-corrected chi connectivity index (χ3v) is 8.95. The molecule has 2 aliphatic carbocycles. The molecule has 3 fully saturated rings. The van der Waals surface area contributed by atoms with Gasteiger partial charge >= 0.3 is 0 Å². The van der Waals surface area contributed by atoms with Gasteiger partial charge in [-0.15, -0.1) is 0 Å². The number of rotatable bonds is 4. The lowest BCUT2D eigenvalue weighted by Crippen LogP contribution is -2.39. The van der Waals surface area contributed by atoms with Crippen molar-refractivity contribution in [2.75, 3.05) is 17.7 Å². The molecule has 4 N–H and O–H groups in total. The predicted octanol–water partition coefficient (Wildman–Crippen LogP) is 4.34. The first-order chi connectivity index (χ1) is 17.0. The number of benzene rings is 2. The second kappa shape index (κ2) is 7.59. The Morgan fingerprint density at radius 2 is 2.11 bits per heavy atom. The number of oxazole rings is 1. The van der Waals surface area contributed by atoms with Crippen molar-refractivity contribution in [3.8, 4) is 5.75 Å². The Morgan fingerprint density at radius 1 is 1.23 bits per heavy atom. The fourth-order valence-corrected chi connectivity index (χ4v) is 7.07. The molecule has 9 heteroatoms. The van der Waals surface area contributed by atoms with Gasteiger partial charge < -0.3 is 19.8 Å². The van der Waals surface area contributed by atoms with Crippen molar-refractivity contribution >= 4 is 40.0 Å². The van der Waals surface area contributed by atoms with Gasteiger partial charge in [-0.3, -0.25) is 10.2 Å². The number of aryl methyl sites for hydroxylation is 1. The van der Waals surface area contributed by atoms with Gasteiger partial charge in [-0.2, -0.15) is 0 Å². The molecule has 2 aliphatic heterocycles. The summed E-state index contributed by atoms with van der Waals surface area (Å²) in [5, 5.41) is 7.32. The molecule has 7 rings (SSSR count). The minimum Gasteiger partial charge on any atom is -0.497 e. The fraction of sp³-hybridized carbons (Fsp3) is 0.462. The fourth-order valence-electron chi connectivity index (χ4n) is 6.86. The van der Waals surface area contributed by atoms with E-state index in [1.165, 1.54) is 0 Å². The predicted molar refractivity (Wildman–Crippen MR) is 133 cm³/mol. The van der Waals surface area contributed by atoms with Crippen LogP contribution >= 0.6 is 11.6 Å². The Labute approximate surface area is 208 Å².